The van der Waals surface area contributed by atoms with E-state index >= 15 is 0 Å². The van der Waals surface area contributed by atoms with Gasteiger partial charge >= 0.3 is 0 Å². The summed E-state index contributed by atoms with van der Waals surface area (Å²) in [7, 11) is 0. The SMILES string of the molecule is C[C@@H](NC(=O)Cn1ccnc1)c1ccccc1Cl. The highest BCUT2D eigenvalue weighted by Crippen LogP contribution is 2.21. The van der Waals surface area contributed by atoms with Crippen molar-refractivity contribution in [2.75, 3.05) is 0 Å². The lowest BCUT2D eigenvalue weighted by Crippen LogP contribution is -2.29. The van der Waals surface area contributed by atoms with Crippen LogP contribution in [0.25, 0.3) is 0 Å². The number of nitrogens with zero attached hydrogens (tertiary/aromatic N) is 2. The van der Waals surface area contributed by atoms with E-state index in [-0.39, 0.29) is 18.5 Å². The van der Waals surface area contributed by atoms with Gasteiger partial charge in [-0.2, -0.15) is 0 Å². The zero-order chi connectivity index (χ0) is 13.0. The Morgan fingerprint density at radius 3 is 2.94 bits per heavy atom. The van der Waals surface area contributed by atoms with E-state index in [1.807, 2.05) is 31.2 Å². The summed E-state index contributed by atoms with van der Waals surface area (Å²) in [5, 5.41) is 3.56. The number of imidazole rings is 1. The summed E-state index contributed by atoms with van der Waals surface area (Å²) in [4.78, 5) is 15.7. The van der Waals surface area contributed by atoms with Crippen LogP contribution in [0, 0.1) is 0 Å². The number of amides is 1. The molecule has 0 aliphatic heterocycles. The van der Waals surface area contributed by atoms with Crippen LogP contribution in [-0.2, 0) is 11.3 Å². The Balaban J connectivity index is 1.97. The highest BCUT2D eigenvalue weighted by molar-refractivity contribution is 6.31. The molecule has 1 N–H and O–H groups in total. The van der Waals surface area contributed by atoms with Crippen LogP contribution in [-0.4, -0.2) is 15.5 Å². The molecular formula is C13H14ClN3O. The molecule has 1 atom stereocenters. The van der Waals surface area contributed by atoms with Crippen molar-refractivity contribution in [1.29, 1.82) is 0 Å². The van der Waals surface area contributed by atoms with E-state index < -0.39 is 0 Å². The Morgan fingerprint density at radius 1 is 1.50 bits per heavy atom. The smallest absolute Gasteiger partial charge is 0.240 e. The van der Waals surface area contributed by atoms with Gasteiger partial charge in [0.05, 0.1) is 12.4 Å². The van der Waals surface area contributed by atoms with Crippen molar-refractivity contribution < 1.29 is 4.79 Å². The lowest BCUT2D eigenvalue weighted by molar-refractivity contribution is -0.122. The third-order valence-corrected chi connectivity index (χ3v) is 2.98. The number of hydrogen-bond donors (Lipinski definition) is 1. The zero-order valence-electron chi connectivity index (χ0n) is 10.0. The molecule has 0 radical (unpaired) electrons. The minimum Gasteiger partial charge on any atom is -0.348 e. The van der Waals surface area contributed by atoms with Gasteiger partial charge in [-0.25, -0.2) is 4.98 Å². The van der Waals surface area contributed by atoms with Crippen molar-refractivity contribution >= 4 is 17.5 Å². The molecule has 2 aromatic rings. The number of aromatic nitrogens is 2. The van der Waals surface area contributed by atoms with E-state index in [9.17, 15) is 4.79 Å². The Morgan fingerprint density at radius 2 is 2.28 bits per heavy atom. The van der Waals surface area contributed by atoms with Gasteiger partial charge < -0.3 is 9.88 Å². The monoisotopic (exact) mass is 263 g/mol. The number of nitrogens with one attached hydrogen (secondary N) is 1. The first kappa shape index (κ1) is 12.6. The largest absolute Gasteiger partial charge is 0.348 e. The summed E-state index contributed by atoms with van der Waals surface area (Å²) in [6.45, 7) is 2.17. The maximum Gasteiger partial charge on any atom is 0.240 e. The Labute approximate surface area is 111 Å². The quantitative estimate of drug-likeness (QED) is 0.921. The summed E-state index contributed by atoms with van der Waals surface area (Å²) in [5.41, 5.74) is 0.915. The van der Waals surface area contributed by atoms with Crippen molar-refractivity contribution in [3.8, 4) is 0 Å². The number of hydrogen-bond acceptors (Lipinski definition) is 2. The second kappa shape index (κ2) is 5.69. The molecule has 0 bridgehead atoms. The van der Waals surface area contributed by atoms with Gasteiger partial charge in [-0.1, -0.05) is 29.8 Å². The minimum atomic E-state index is -0.116. The van der Waals surface area contributed by atoms with Crippen LogP contribution in [0.1, 0.15) is 18.5 Å². The predicted octanol–water partition coefficient (Wildman–Crippen LogP) is 2.41. The Bertz CT molecular complexity index is 525. The van der Waals surface area contributed by atoms with Crippen molar-refractivity contribution in [3.05, 3.63) is 53.6 Å². The number of halogens is 1. The Kier molecular flexibility index (Phi) is 3.99. The van der Waals surface area contributed by atoms with Crippen molar-refractivity contribution in [3.63, 3.8) is 0 Å². The minimum absolute atomic E-state index is 0.0691. The van der Waals surface area contributed by atoms with Crippen molar-refractivity contribution in [2.24, 2.45) is 0 Å². The average Bonchev–Trinajstić information content (AvgIpc) is 2.82. The molecule has 1 aromatic heterocycles. The number of benzene rings is 1. The van der Waals surface area contributed by atoms with Gasteiger partial charge in [-0.3, -0.25) is 4.79 Å². The van der Waals surface area contributed by atoms with Crippen molar-refractivity contribution in [2.45, 2.75) is 19.5 Å². The van der Waals surface area contributed by atoms with E-state index in [1.165, 1.54) is 0 Å². The van der Waals surface area contributed by atoms with Crippen LogP contribution in [0.2, 0.25) is 5.02 Å². The summed E-state index contributed by atoms with van der Waals surface area (Å²) in [6.07, 6.45) is 5.00. The predicted molar refractivity (Wildman–Crippen MR) is 70.2 cm³/mol. The van der Waals surface area contributed by atoms with Gasteiger partial charge in [0.15, 0.2) is 0 Å². The summed E-state index contributed by atoms with van der Waals surface area (Å²) in [5.74, 6) is -0.0691. The molecule has 1 amide bonds. The molecule has 5 heteroatoms. The van der Waals surface area contributed by atoms with Crippen LogP contribution in [0.15, 0.2) is 43.0 Å². The molecule has 18 heavy (non-hydrogen) atoms. The molecule has 0 fully saturated rings. The zero-order valence-corrected chi connectivity index (χ0v) is 10.8. The molecule has 0 aliphatic carbocycles. The van der Waals surface area contributed by atoms with Crippen LogP contribution in [0.3, 0.4) is 0 Å². The molecular weight excluding hydrogens is 250 g/mol. The standard InChI is InChI=1S/C13H14ClN3O/c1-10(11-4-2-3-5-12(11)14)16-13(18)8-17-7-6-15-9-17/h2-7,9-10H,8H2,1H3,(H,16,18)/t10-/m1/s1. The van der Waals surface area contributed by atoms with Crippen LogP contribution >= 0.6 is 11.6 Å². The lowest BCUT2D eigenvalue weighted by atomic mass is 10.1. The van der Waals surface area contributed by atoms with Crippen molar-refractivity contribution in [1.82, 2.24) is 14.9 Å². The van der Waals surface area contributed by atoms with Gasteiger partial charge in [0.2, 0.25) is 5.91 Å². The fourth-order valence-corrected chi connectivity index (χ4v) is 2.04. The summed E-state index contributed by atoms with van der Waals surface area (Å²) >= 11 is 6.08. The molecule has 1 aromatic carbocycles. The van der Waals surface area contributed by atoms with Gasteiger partial charge in [-0.15, -0.1) is 0 Å². The normalized spacial score (nSPS) is 12.1. The van der Waals surface area contributed by atoms with Gasteiger partial charge in [0, 0.05) is 17.4 Å². The van der Waals surface area contributed by atoms with E-state index in [0.29, 0.717) is 5.02 Å². The molecule has 94 valence electrons. The van der Waals surface area contributed by atoms with Gasteiger partial charge in [0.1, 0.15) is 6.54 Å². The molecule has 0 aliphatic rings. The molecule has 1 heterocycles. The third kappa shape index (κ3) is 3.11. The highest BCUT2D eigenvalue weighted by Gasteiger charge is 2.12. The number of rotatable bonds is 4. The highest BCUT2D eigenvalue weighted by atomic mass is 35.5. The fraction of sp³-hybridized carbons (Fsp3) is 0.231. The first-order valence-corrected chi connectivity index (χ1v) is 6.04. The topological polar surface area (TPSA) is 46.9 Å². The van der Waals surface area contributed by atoms with E-state index in [4.69, 9.17) is 11.6 Å². The molecule has 0 saturated heterocycles. The Hall–Kier alpha value is -1.81. The molecule has 0 spiro atoms. The second-order valence-electron chi connectivity index (χ2n) is 4.05. The molecule has 2 rings (SSSR count). The summed E-state index contributed by atoms with van der Waals surface area (Å²) in [6, 6.07) is 7.38. The summed E-state index contributed by atoms with van der Waals surface area (Å²) < 4.78 is 1.72. The van der Waals surface area contributed by atoms with Crippen LogP contribution in [0.5, 0.6) is 0 Å². The first-order valence-electron chi connectivity index (χ1n) is 5.66. The fourth-order valence-electron chi connectivity index (χ4n) is 1.74. The number of carbonyl (C=O) groups is 1. The van der Waals surface area contributed by atoms with Gasteiger partial charge in [-0.05, 0) is 18.6 Å². The maximum atomic E-state index is 11.8. The lowest BCUT2D eigenvalue weighted by Gasteiger charge is -2.15. The third-order valence-electron chi connectivity index (χ3n) is 2.63. The maximum absolute atomic E-state index is 11.8. The van der Waals surface area contributed by atoms with E-state index in [0.717, 1.165) is 5.56 Å². The van der Waals surface area contributed by atoms with E-state index in [2.05, 4.69) is 10.3 Å². The average molecular weight is 264 g/mol. The van der Waals surface area contributed by atoms with E-state index in [1.54, 1.807) is 23.3 Å². The van der Waals surface area contributed by atoms with Crippen LogP contribution in [0.4, 0.5) is 0 Å². The molecule has 0 saturated carbocycles. The second-order valence-corrected chi connectivity index (χ2v) is 4.45. The molecule has 4 nitrogen and oxygen atoms in total. The number of carbonyl (C=O) groups excluding carboxylic acids is 1. The van der Waals surface area contributed by atoms with Crippen LogP contribution < -0.4 is 5.32 Å². The molecule has 0 unspecified atom stereocenters. The van der Waals surface area contributed by atoms with Gasteiger partial charge in [0.25, 0.3) is 0 Å². The first-order chi connectivity index (χ1) is 8.66.